The van der Waals surface area contributed by atoms with E-state index in [1.807, 2.05) is 0 Å². The maximum Gasteiger partial charge on any atom is 0.223 e. The number of nitrogens with zero attached hydrogens (tertiary/aromatic N) is 4. The highest BCUT2D eigenvalue weighted by atomic mass is 16.5. The van der Waals surface area contributed by atoms with E-state index in [2.05, 4.69) is 26.6 Å². The van der Waals surface area contributed by atoms with Gasteiger partial charge in [0.15, 0.2) is 0 Å². The second-order valence-electron chi connectivity index (χ2n) is 1.20. The molecule has 0 unspecified atom stereocenters. The standard InChI is InChI=1S/C3H5N4O/c1-8-3-7-2-4-5-6-7/h3H2,1H3. The number of hydrogen-bond donors (Lipinski definition) is 0. The van der Waals surface area contributed by atoms with E-state index in [1.165, 1.54) is 4.68 Å². The van der Waals surface area contributed by atoms with Gasteiger partial charge >= 0.3 is 0 Å². The largest absolute Gasteiger partial charge is 0.362 e. The number of aromatic nitrogens is 4. The molecule has 1 aromatic rings. The fraction of sp³-hybridized carbons (Fsp3) is 0.667. The van der Waals surface area contributed by atoms with Gasteiger partial charge in [0.25, 0.3) is 0 Å². The molecule has 5 nitrogen and oxygen atoms in total. The smallest absolute Gasteiger partial charge is 0.223 e. The molecule has 0 aromatic carbocycles. The van der Waals surface area contributed by atoms with Crippen molar-refractivity contribution in [2.45, 2.75) is 6.73 Å². The number of methoxy groups -OCH3 is 1. The van der Waals surface area contributed by atoms with Crippen LogP contribution >= 0.6 is 0 Å². The van der Waals surface area contributed by atoms with Crippen molar-refractivity contribution in [2.75, 3.05) is 7.11 Å². The Labute approximate surface area is 46.3 Å². The molecule has 1 heterocycles. The molecule has 0 saturated heterocycles. The van der Waals surface area contributed by atoms with Gasteiger partial charge in [-0.2, -0.15) is 4.68 Å². The van der Waals surface area contributed by atoms with E-state index in [4.69, 9.17) is 0 Å². The first-order valence-corrected chi connectivity index (χ1v) is 2.06. The molecule has 0 aliphatic rings. The summed E-state index contributed by atoms with van der Waals surface area (Å²) in [6.45, 7) is 0.354. The molecule has 0 atom stereocenters. The molecule has 0 spiro atoms. The fourth-order valence-electron chi connectivity index (χ4n) is 0.337. The summed E-state index contributed by atoms with van der Waals surface area (Å²) in [5.41, 5.74) is 0. The number of hydrogen-bond acceptors (Lipinski definition) is 4. The van der Waals surface area contributed by atoms with Crippen molar-refractivity contribution < 1.29 is 4.74 Å². The number of rotatable bonds is 2. The highest BCUT2D eigenvalue weighted by Gasteiger charge is 1.86. The molecule has 5 heteroatoms. The van der Waals surface area contributed by atoms with Crippen LogP contribution in [0.15, 0.2) is 0 Å². The highest BCUT2D eigenvalue weighted by molar-refractivity contribution is 4.34. The van der Waals surface area contributed by atoms with E-state index in [1.54, 1.807) is 7.11 Å². The van der Waals surface area contributed by atoms with Crippen LogP contribution in [0.25, 0.3) is 0 Å². The normalized spacial score (nSPS) is 9.62. The van der Waals surface area contributed by atoms with Gasteiger partial charge < -0.3 is 4.74 Å². The van der Waals surface area contributed by atoms with Gasteiger partial charge in [-0.25, -0.2) is 0 Å². The van der Waals surface area contributed by atoms with Crippen molar-refractivity contribution in [1.82, 2.24) is 20.2 Å². The molecule has 0 bridgehead atoms. The lowest BCUT2D eigenvalue weighted by molar-refractivity contribution is 0.118. The topological polar surface area (TPSA) is 52.8 Å². The number of ether oxygens (including phenoxy) is 1. The molecule has 0 saturated carbocycles. The predicted molar refractivity (Wildman–Crippen MR) is 23.7 cm³/mol. The van der Waals surface area contributed by atoms with Gasteiger partial charge in [-0.1, -0.05) is 0 Å². The predicted octanol–water partition coefficient (Wildman–Crippen LogP) is -0.923. The van der Waals surface area contributed by atoms with E-state index in [-0.39, 0.29) is 0 Å². The quantitative estimate of drug-likeness (QED) is 0.497. The van der Waals surface area contributed by atoms with Crippen molar-refractivity contribution in [3.63, 3.8) is 0 Å². The van der Waals surface area contributed by atoms with Crippen molar-refractivity contribution in [3.8, 4) is 0 Å². The van der Waals surface area contributed by atoms with Crippen LogP contribution in [0.1, 0.15) is 0 Å². The van der Waals surface area contributed by atoms with E-state index < -0.39 is 0 Å². The summed E-state index contributed by atoms with van der Waals surface area (Å²) in [7, 11) is 1.56. The molecule has 0 aliphatic heterocycles. The molecule has 1 radical (unpaired) electrons. The first kappa shape index (κ1) is 5.17. The van der Waals surface area contributed by atoms with Gasteiger partial charge in [0, 0.05) is 7.11 Å². The summed E-state index contributed by atoms with van der Waals surface area (Å²) in [5.74, 6) is 0. The maximum absolute atomic E-state index is 4.68. The van der Waals surface area contributed by atoms with Gasteiger partial charge in [-0.15, -0.1) is 5.10 Å². The van der Waals surface area contributed by atoms with Gasteiger partial charge in [0.2, 0.25) is 6.33 Å². The van der Waals surface area contributed by atoms with Crippen LogP contribution in [0.3, 0.4) is 0 Å². The minimum absolute atomic E-state index is 0.354. The molecule has 0 aliphatic carbocycles. The van der Waals surface area contributed by atoms with Crippen molar-refractivity contribution in [2.24, 2.45) is 0 Å². The zero-order valence-electron chi connectivity index (χ0n) is 4.40. The van der Waals surface area contributed by atoms with Gasteiger partial charge in [-0.05, 0) is 10.4 Å². The van der Waals surface area contributed by atoms with Crippen molar-refractivity contribution >= 4 is 0 Å². The molecular formula is C3H5N4O. The maximum atomic E-state index is 4.68. The Morgan fingerprint density at radius 1 is 1.75 bits per heavy atom. The van der Waals surface area contributed by atoms with Crippen LogP contribution in [0.5, 0.6) is 0 Å². The lowest BCUT2D eigenvalue weighted by Gasteiger charge is -1.90. The first-order valence-electron chi connectivity index (χ1n) is 2.06. The van der Waals surface area contributed by atoms with E-state index in [0.29, 0.717) is 6.73 Å². The Balaban J connectivity index is 2.50. The second kappa shape index (κ2) is 2.37. The lowest BCUT2D eigenvalue weighted by Crippen LogP contribution is -2.00. The average molecular weight is 113 g/mol. The van der Waals surface area contributed by atoms with Crippen molar-refractivity contribution in [1.29, 1.82) is 0 Å². The van der Waals surface area contributed by atoms with Gasteiger partial charge in [0.1, 0.15) is 6.73 Å². The third-order valence-electron chi connectivity index (χ3n) is 0.604. The minimum atomic E-state index is 0.354. The summed E-state index contributed by atoms with van der Waals surface area (Å²) in [6, 6.07) is 0. The van der Waals surface area contributed by atoms with Crippen LogP contribution in [-0.4, -0.2) is 27.3 Å². The summed E-state index contributed by atoms with van der Waals surface area (Å²) in [6.07, 6.45) is 2.46. The average Bonchev–Trinajstić information content (AvgIpc) is 2.19. The molecule has 0 amide bonds. The molecule has 0 N–H and O–H groups in total. The van der Waals surface area contributed by atoms with Crippen LogP contribution in [0.2, 0.25) is 0 Å². The molecule has 8 heavy (non-hydrogen) atoms. The van der Waals surface area contributed by atoms with Crippen LogP contribution in [-0.2, 0) is 11.5 Å². The SMILES string of the molecule is COCn1[c]nnn1. The first-order chi connectivity index (χ1) is 3.93. The molecule has 1 aromatic heterocycles. The van der Waals surface area contributed by atoms with Gasteiger partial charge in [0.05, 0.1) is 0 Å². The summed E-state index contributed by atoms with van der Waals surface area (Å²) >= 11 is 0. The fourth-order valence-corrected chi connectivity index (χ4v) is 0.337. The molecule has 43 valence electrons. The van der Waals surface area contributed by atoms with Gasteiger partial charge in [-0.3, -0.25) is 0 Å². The summed E-state index contributed by atoms with van der Waals surface area (Å²) < 4.78 is 6.04. The van der Waals surface area contributed by atoms with Crippen LogP contribution < -0.4 is 0 Å². The van der Waals surface area contributed by atoms with Crippen LogP contribution in [0, 0.1) is 6.33 Å². The Kier molecular flexibility index (Phi) is 1.53. The second-order valence-corrected chi connectivity index (χ2v) is 1.20. The van der Waals surface area contributed by atoms with E-state index in [9.17, 15) is 0 Å². The summed E-state index contributed by atoms with van der Waals surface area (Å²) in [4.78, 5) is 0. The molecule has 1 rings (SSSR count). The van der Waals surface area contributed by atoms with Crippen LogP contribution in [0.4, 0.5) is 0 Å². The zero-order chi connectivity index (χ0) is 5.82. The minimum Gasteiger partial charge on any atom is -0.362 e. The lowest BCUT2D eigenvalue weighted by atomic mass is 11.1. The third-order valence-corrected chi connectivity index (χ3v) is 0.604. The highest BCUT2D eigenvalue weighted by Crippen LogP contribution is 1.73. The van der Waals surface area contributed by atoms with E-state index >= 15 is 0 Å². The number of tetrazole rings is 1. The third kappa shape index (κ3) is 1.00. The summed E-state index contributed by atoms with van der Waals surface area (Å²) in [5, 5.41) is 10.1. The monoisotopic (exact) mass is 113 g/mol. The Morgan fingerprint density at radius 2 is 2.62 bits per heavy atom. The zero-order valence-corrected chi connectivity index (χ0v) is 4.40. The molecule has 0 fully saturated rings. The Bertz CT molecular complexity index is 137. The Morgan fingerprint density at radius 3 is 3.12 bits per heavy atom. The Hall–Kier alpha value is -0.970. The van der Waals surface area contributed by atoms with Crippen molar-refractivity contribution in [3.05, 3.63) is 6.33 Å². The van der Waals surface area contributed by atoms with E-state index in [0.717, 1.165) is 0 Å². The molecular weight excluding hydrogens is 108 g/mol.